The SMILES string of the molecule is CS(=O)(=O)c1c(F)cc(C(CC(=O)O)C2CC2)cc1Br. The zero-order chi connectivity index (χ0) is 15.1. The molecule has 1 aliphatic rings. The molecular formula is C13H14BrFO4S. The number of carbonyl (C=O) groups is 1. The van der Waals surface area contributed by atoms with Crippen molar-refractivity contribution in [3.05, 3.63) is 28.0 Å². The van der Waals surface area contributed by atoms with Gasteiger partial charge >= 0.3 is 5.97 Å². The molecule has 1 aromatic rings. The van der Waals surface area contributed by atoms with Gasteiger partial charge in [0, 0.05) is 10.7 Å². The van der Waals surface area contributed by atoms with Gasteiger partial charge in [-0.3, -0.25) is 4.79 Å². The van der Waals surface area contributed by atoms with E-state index in [0.717, 1.165) is 25.2 Å². The van der Waals surface area contributed by atoms with Crippen molar-refractivity contribution in [3.8, 4) is 0 Å². The van der Waals surface area contributed by atoms with Crippen LogP contribution in [0.4, 0.5) is 4.39 Å². The number of rotatable bonds is 5. The highest BCUT2D eigenvalue weighted by atomic mass is 79.9. The van der Waals surface area contributed by atoms with E-state index in [1.807, 2.05) is 0 Å². The van der Waals surface area contributed by atoms with E-state index in [2.05, 4.69) is 15.9 Å². The van der Waals surface area contributed by atoms with Crippen LogP contribution >= 0.6 is 15.9 Å². The third kappa shape index (κ3) is 3.38. The third-order valence-corrected chi connectivity index (χ3v) is 5.45. The van der Waals surface area contributed by atoms with E-state index in [1.165, 1.54) is 6.07 Å². The van der Waals surface area contributed by atoms with Gasteiger partial charge in [0.2, 0.25) is 0 Å². The van der Waals surface area contributed by atoms with Crippen LogP contribution in [0.1, 0.15) is 30.7 Å². The van der Waals surface area contributed by atoms with Crippen molar-refractivity contribution in [2.75, 3.05) is 6.26 Å². The Bertz CT molecular complexity index is 629. The molecule has 20 heavy (non-hydrogen) atoms. The normalized spacial score (nSPS) is 16.9. The van der Waals surface area contributed by atoms with Crippen molar-refractivity contribution >= 4 is 31.7 Å². The van der Waals surface area contributed by atoms with Crippen LogP contribution < -0.4 is 0 Å². The number of hydrogen-bond acceptors (Lipinski definition) is 3. The topological polar surface area (TPSA) is 71.4 Å². The van der Waals surface area contributed by atoms with E-state index >= 15 is 0 Å². The van der Waals surface area contributed by atoms with Crippen molar-refractivity contribution in [2.45, 2.75) is 30.1 Å². The zero-order valence-electron chi connectivity index (χ0n) is 10.8. The molecule has 0 bridgehead atoms. The summed E-state index contributed by atoms with van der Waals surface area (Å²) in [4.78, 5) is 10.5. The molecule has 1 saturated carbocycles. The smallest absolute Gasteiger partial charge is 0.303 e. The predicted molar refractivity (Wildman–Crippen MR) is 74.9 cm³/mol. The van der Waals surface area contributed by atoms with E-state index in [9.17, 15) is 17.6 Å². The molecule has 1 fully saturated rings. The van der Waals surface area contributed by atoms with E-state index < -0.39 is 21.6 Å². The summed E-state index contributed by atoms with van der Waals surface area (Å²) in [7, 11) is -3.67. The average Bonchev–Trinajstić information content (AvgIpc) is 3.05. The molecule has 0 radical (unpaired) electrons. The van der Waals surface area contributed by atoms with Crippen molar-refractivity contribution in [1.82, 2.24) is 0 Å². The van der Waals surface area contributed by atoms with Crippen molar-refractivity contribution < 1.29 is 22.7 Å². The van der Waals surface area contributed by atoms with Crippen LogP contribution in [0.3, 0.4) is 0 Å². The number of sulfone groups is 1. The molecule has 0 aromatic heterocycles. The number of carboxylic acid groups (broad SMARTS) is 1. The molecule has 2 rings (SSSR count). The lowest BCUT2D eigenvalue weighted by molar-refractivity contribution is -0.137. The first kappa shape index (κ1) is 15.4. The van der Waals surface area contributed by atoms with Crippen LogP contribution in [0.2, 0.25) is 0 Å². The lowest BCUT2D eigenvalue weighted by Crippen LogP contribution is -2.10. The Labute approximate surface area is 125 Å². The molecule has 0 heterocycles. The quantitative estimate of drug-likeness (QED) is 0.871. The summed E-state index contributed by atoms with van der Waals surface area (Å²) in [5.41, 5.74) is 0.534. The van der Waals surface area contributed by atoms with Crippen LogP contribution in [0, 0.1) is 11.7 Å². The van der Waals surface area contributed by atoms with E-state index in [1.54, 1.807) is 0 Å². The molecular weight excluding hydrogens is 351 g/mol. The summed E-state index contributed by atoms with van der Waals surface area (Å²) in [5, 5.41) is 8.94. The molecule has 0 saturated heterocycles. The maximum Gasteiger partial charge on any atom is 0.303 e. The Balaban J connectivity index is 2.45. The van der Waals surface area contributed by atoms with Crippen LogP contribution in [-0.4, -0.2) is 25.7 Å². The maximum absolute atomic E-state index is 14.0. The fourth-order valence-electron chi connectivity index (χ4n) is 2.39. The summed E-state index contributed by atoms with van der Waals surface area (Å²) in [6.07, 6.45) is 2.70. The molecule has 0 aliphatic heterocycles. The molecule has 0 spiro atoms. The molecule has 1 aliphatic carbocycles. The van der Waals surface area contributed by atoms with Gasteiger partial charge in [-0.2, -0.15) is 0 Å². The highest BCUT2D eigenvalue weighted by molar-refractivity contribution is 9.10. The van der Waals surface area contributed by atoms with Gasteiger partial charge in [-0.05, 0) is 58.3 Å². The molecule has 1 N–H and O–H groups in total. The van der Waals surface area contributed by atoms with E-state index in [-0.39, 0.29) is 27.6 Å². The fraction of sp³-hybridized carbons (Fsp3) is 0.462. The van der Waals surface area contributed by atoms with Crippen LogP contribution in [0.25, 0.3) is 0 Å². The summed E-state index contributed by atoms with van der Waals surface area (Å²) in [6.45, 7) is 0. The zero-order valence-corrected chi connectivity index (χ0v) is 13.2. The second-order valence-electron chi connectivity index (χ2n) is 5.13. The van der Waals surface area contributed by atoms with E-state index in [0.29, 0.717) is 5.56 Å². The second-order valence-corrected chi connectivity index (χ2v) is 7.93. The first-order valence-corrected chi connectivity index (χ1v) is 8.79. The predicted octanol–water partition coefficient (Wildman–Crippen LogP) is 2.96. The summed E-state index contributed by atoms with van der Waals surface area (Å²) < 4.78 is 37.2. The standard InChI is InChI=1S/C13H14BrFO4S/c1-20(18,19)13-10(14)4-8(5-11(13)15)9(6-12(16)17)7-2-3-7/h4-5,7,9H,2-3,6H2,1H3,(H,16,17). The molecule has 1 atom stereocenters. The van der Waals surface area contributed by atoms with Crippen LogP contribution in [0.5, 0.6) is 0 Å². The van der Waals surface area contributed by atoms with Gasteiger partial charge in [-0.15, -0.1) is 0 Å². The van der Waals surface area contributed by atoms with Gasteiger partial charge in [0.15, 0.2) is 9.84 Å². The molecule has 1 aromatic carbocycles. The van der Waals surface area contributed by atoms with E-state index in [4.69, 9.17) is 5.11 Å². The Kier molecular flexibility index (Phi) is 4.20. The van der Waals surface area contributed by atoms with Crippen LogP contribution in [0.15, 0.2) is 21.5 Å². The molecule has 4 nitrogen and oxygen atoms in total. The van der Waals surface area contributed by atoms with Gasteiger partial charge in [0.25, 0.3) is 0 Å². The first-order chi connectivity index (χ1) is 9.20. The third-order valence-electron chi connectivity index (χ3n) is 3.41. The summed E-state index contributed by atoms with van der Waals surface area (Å²) in [6, 6.07) is 2.67. The number of aliphatic carboxylic acids is 1. The summed E-state index contributed by atoms with van der Waals surface area (Å²) >= 11 is 3.07. The highest BCUT2D eigenvalue weighted by Gasteiger charge is 2.34. The summed E-state index contributed by atoms with van der Waals surface area (Å²) in [5.74, 6) is -1.81. The Morgan fingerprint density at radius 1 is 1.50 bits per heavy atom. The Hall–Kier alpha value is -0.950. The number of benzene rings is 1. The molecule has 0 amide bonds. The Morgan fingerprint density at radius 2 is 2.10 bits per heavy atom. The average molecular weight is 365 g/mol. The lowest BCUT2D eigenvalue weighted by atomic mass is 9.91. The Morgan fingerprint density at radius 3 is 2.50 bits per heavy atom. The molecule has 1 unspecified atom stereocenters. The number of carboxylic acids is 1. The van der Waals surface area contributed by atoms with Gasteiger partial charge in [0.05, 0.1) is 6.42 Å². The molecule has 110 valence electrons. The van der Waals surface area contributed by atoms with Crippen molar-refractivity contribution in [1.29, 1.82) is 0 Å². The first-order valence-electron chi connectivity index (χ1n) is 6.11. The minimum atomic E-state index is -3.67. The number of hydrogen-bond donors (Lipinski definition) is 1. The fourth-order valence-corrected chi connectivity index (χ4v) is 4.55. The van der Waals surface area contributed by atoms with Crippen molar-refractivity contribution in [2.24, 2.45) is 5.92 Å². The van der Waals surface area contributed by atoms with Gasteiger partial charge in [-0.25, -0.2) is 12.8 Å². The number of halogens is 2. The largest absolute Gasteiger partial charge is 0.481 e. The van der Waals surface area contributed by atoms with Gasteiger partial charge < -0.3 is 5.11 Å². The minimum Gasteiger partial charge on any atom is -0.481 e. The molecule has 7 heteroatoms. The van der Waals surface area contributed by atoms with Gasteiger partial charge in [0.1, 0.15) is 10.7 Å². The second kappa shape index (κ2) is 5.44. The highest BCUT2D eigenvalue weighted by Crippen LogP contribution is 2.45. The van der Waals surface area contributed by atoms with Crippen LogP contribution in [-0.2, 0) is 14.6 Å². The lowest BCUT2D eigenvalue weighted by Gasteiger charge is -2.16. The minimum absolute atomic E-state index is 0.0746. The van der Waals surface area contributed by atoms with Crippen molar-refractivity contribution in [3.63, 3.8) is 0 Å². The van der Waals surface area contributed by atoms with Gasteiger partial charge in [-0.1, -0.05) is 0 Å². The maximum atomic E-state index is 14.0. The monoisotopic (exact) mass is 364 g/mol.